The van der Waals surface area contributed by atoms with Crippen LogP contribution in [0.25, 0.3) is 0 Å². The molecule has 2 bridgehead atoms. The van der Waals surface area contributed by atoms with E-state index in [0.717, 1.165) is 19.8 Å². The third kappa shape index (κ3) is 2.88. The number of thiazole rings is 1. The van der Waals surface area contributed by atoms with Crippen LogP contribution in [0.15, 0.2) is 32.3 Å². The summed E-state index contributed by atoms with van der Waals surface area (Å²) in [6.45, 7) is 0. The molecule has 2 N–H and O–H groups in total. The molecule has 2 aliphatic rings. The van der Waals surface area contributed by atoms with Crippen molar-refractivity contribution in [2.75, 3.05) is 0 Å². The van der Waals surface area contributed by atoms with E-state index in [9.17, 15) is 4.79 Å². The van der Waals surface area contributed by atoms with Gasteiger partial charge < -0.3 is 10.6 Å². The third-order valence-corrected chi connectivity index (χ3v) is 7.12. The van der Waals surface area contributed by atoms with Crippen molar-refractivity contribution >= 4 is 40.3 Å². The van der Waals surface area contributed by atoms with Crippen LogP contribution >= 0.6 is 34.4 Å². The summed E-state index contributed by atoms with van der Waals surface area (Å²) >= 11 is 4.78. The van der Waals surface area contributed by atoms with Gasteiger partial charge in [-0.15, -0.1) is 22.7 Å². The lowest BCUT2D eigenvalue weighted by molar-refractivity contribution is 0.0935. The molecule has 0 unspecified atom stereocenters. The second kappa shape index (κ2) is 5.72. The van der Waals surface area contributed by atoms with Gasteiger partial charge in [0.1, 0.15) is 0 Å². The lowest BCUT2D eigenvalue weighted by Gasteiger charge is -2.20. The zero-order chi connectivity index (χ0) is 14.2. The summed E-state index contributed by atoms with van der Waals surface area (Å²) in [7, 11) is 0. The van der Waals surface area contributed by atoms with Crippen molar-refractivity contribution in [2.24, 2.45) is 0 Å². The van der Waals surface area contributed by atoms with Gasteiger partial charge in [-0.05, 0) is 43.2 Å². The molecule has 2 aromatic heterocycles. The first-order valence-electron chi connectivity index (χ1n) is 7.02. The van der Waals surface area contributed by atoms with Gasteiger partial charge in [-0.25, -0.2) is 4.98 Å². The maximum Gasteiger partial charge on any atom is 0.261 e. The second-order valence-corrected chi connectivity index (χ2v) is 8.91. The Hall–Kier alpha value is -0.890. The fourth-order valence-corrected chi connectivity index (χ4v) is 5.95. The van der Waals surface area contributed by atoms with E-state index < -0.39 is 0 Å². The molecule has 3 atom stereocenters. The first kappa shape index (κ1) is 13.8. The van der Waals surface area contributed by atoms with Crippen molar-refractivity contribution < 1.29 is 4.79 Å². The van der Waals surface area contributed by atoms with E-state index in [1.54, 1.807) is 29.3 Å². The number of carbonyl (C=O) groups is 1. The van der Waals surface area contributed by atoms with Gasteiger partial charge in [0.25, 0.3) is 5.91 Å². The van der Waals surface area contributed by atoms with Crippen LogP contribution in [-0.2, 0) is 0 Å². The first-order chi connectivity index (χ1) is 10.3. The highest BCUT2D eigenvalue weighted by atomic mass is 32.2. The van der Waals surface area contributed by atoms with Crippen molar-refractivity contribution in [3.8, 4) is 0 Å². The van der Waals surface area contributed by atoms with Crippen molar-refractivity contribution in [1.29, 1.82) is 0 Å². The Bertz CT molecular complexity index is 640. The Morgan fingerprint density at radius 3 is 3.10 bits per heavy atom. The molecule has 7 heteroatoms. The fourth-order valence-electron chi connectivity index (χ4n) is 3.07. The van der Waals surface area contributed by atoms with Gasteiger partial charge in [-0.2, -0.15) is 0 Å². The van der Waals surface area contributed by atoms with Gasteiger partial charge in [0.05, 0.1) is 9.09 Å². The van der Waals surface area contributed by atoms with E-state index in [2.05, 4.69) is 15.6 Å². The van der Waals surface area contributed by atoms with Gasteiger partial charge in [-0.1, -0.05) is 0 Å². The van der Waals surface area contributed by atoms with E-state index in [0.29, 0.717) is 18.1 Å². The van der Waals surface area contributed by atoms with E-state index in [4.69, 9.17) is 0 Å². The molecule has 2 saturated heterocycles. The molecule has 2 aliphatic heterocycles. The number of hydrogen-bond donors (Lipinski definition) is 2. The van der Waals surface area contributed by atoms with E-state index in [-0.39, 0.29) is 5.91 Å². The van der Waals surface area contributed by atoms with Crippen LogP contribution < -0.4 is 10.6 Å². The number of thiophene rings is 1. The van der Waals surface area contributed by atoms with Gasteiger partial charge in [-0.3, -0.25) is 4.79 Å². The first-order valence-corrected chi connectivity index (χ1v) is 9.53. The standard InChI is InChI=1S/C14H15N3OS3/c18-13(17-10-7-8-1-2-9(10)16-8)11-3-4-12(20-11)21-14-15-5-6-19-14/h3-6,8-10,16H,1-2,7H2,(H,17,18)/t8-,9+,10-/m1/s1. The quantitative estimate of drug-likeness (QED) is 0.900. The Labute approximate surface area is 135 Å². The molecular formula is C14H15N3OS3. The number of nitrogens with one attached hydrogen (secondary N) is 2. The molecule has 1 amide bonds. The zero-order valence-electron chi connectivity index (χ0n) is 11.2. The molecule has 0 saturated carbocycles. The second-order valence-electron chi connectivity index (χ2n) is 5.38. The maximum absolute atomic E-state index is 12.3. The Kier molecular flexibility index (Phi) is 3.74. The van der Waals surface area contributed by atoms with Gasteiger partial charge in [0.15, 0.2) is 4.34 Å². The normalized spacial score (nSPS) is 27.1. The summed E-state index contributed by atoms with van der Waals surface area (Å²) in [6, 6.07) is 5.30. The number of aromatic nitrogens is 1. The third-order valence-electron chi connectivity index (χ3n) is 4.02. The van der Waals surface area contributed by atoms with E-state index in [1.807, 2.05) is 17.5 Å². The fraction of sp³-hybridized carbons (Fsp3) is 0.429. The molecule has 2 aromatic rings. The molecule has 110 valence electrons. The highest BCUT2D eigenvalue weighted by Crippen LogP contribution is 2.34. The number of nitrogens with zero attached hydrogens (tertiary/aromatic N) is 1. The number of fused-ring (bicyclic) bond motifs is 2. The molecule has 0 aromatic carbocycles. The Balaban J connectivity index is 1.39. The average Bonchev–Trinajstić information content (AvgIpc) is 3.24. The molecule has 0 aliphatic carbocycles. The summed E-state index contributed by atoms with van der Waals surface area (Å²) in [5.41, 5.74) is 0. The highest BCUT2D eigenvalue weighted by molar-refractivity contribution is 8.02. The predicted molar refractivity (Wildman–Crippen MR) is 86.4 cm³/mol. The number of hydrogen-bond acceptors (Lipinski definition) is 6. The Morgan fingerprint density at radius 1 is 1.43 bits per heavy atom. The van der Waals surface area contributed by atoms with Crippen LogP contribution in [0.3, 0.4) is 0 Å². The van der Waals surface area contributed by atoms with Crippen molar-refractivity contribution in [3.05, 3.63) is 28.6 Å². The van der Waals surface area contributed by atoms with Crippen LogP contribution in [0.2, 0.25) is 0 Å². The van der Waals surface area contributed by atoms with E-state index >= 15 is 0 Å². The minimum atomic E-state index is 0.0605. The van der Waals surface area contributed by atoms with Crippen LogP contribution in [-0.4, -0.2) is 29.0 Å². The topological polar surface area (TPSA) is 54.0 Å². The van der Waals surface area contributed by atoms with Crippen LogP contribution in [0.5, 0.6) is 0 Å². The van der Waals surface area contributed by atoms with Crippen LogP contribution in [0, 0.1) is 0 Å². The molecular weight excluding hydrogens is 322 g/mol. The van der Waals surface area contributed by atoms with Gasteiger partial charge in [0.2, 0.25) is 0 Å². The summed E-state index contributed by atoms with van der Waals surface area (Å²) in [5, 5.41) is 8.70. The molecule has 4 rings (SSSR count). The number of rotatable bonds is 4. The van der Waals surface area contributed by atoms with Crippen molar-refractivity contribution in [1.82, 2.24) is 15.6 Å². The Morgan fingerprint density at radius 2 is 2.38 bits per heavy atom. The van der Waals surface area contributed by atoms with Crippen LogP contribution in [0.4, 0.5) is 0 Å². The predicted octanol–water partition coefficient (Wildman–Crippen LogP) is 2.98. The summed E-state index contributed by atoms with van der Waals surface area (Å²) in [6.07, 6.45) is 5.31. The summed E-state index contributed by atoms with van der Waals surface area (Å²) in [5.74, 6) is 0.0605. The lowest BCUT2D eigenvalue weighted by Crippen LogP contribution is -2.42. The highest BCUT2D eigenvalue weighted by Gasteiger charge is 2.39. The average molecular weight is 337 g/mol. The molecule has 21 heavy (non-hydrogen) atoms. The van der Waals surface area contributed by atoms with Gasteiger partial charge >= 0.3 is 0 Å². The minimum absolute atomic E-state index is 0.0605. The maximum atomic E-state index is 12.3. The lowest BCUT2D eigenvalue weighted by atomic mass is 9.95. The molecule has 4 nitrogen and oxygen atoms in total. The summed E-state index contributed by atoms with van der Waals surface area (Å²) in [4.78, 5) is 17.4. The van der Waals surface area contributed by atoms with Crippen molar-refractivity contribution in [3.63, 3.8) is 0 Å². The minimum Gasteiger partial charge on any atom is -0.347 e. The zero-order valence-corrected chi connectivity index (χ0v) is 13.7. The molecule has 2 fully saturated rings. The van der Waals surface area contributed by atoms with Gasteiger partial charge in [0, 0.05) is 29.7 Å². The molecule has 0 radical (unpaired) electrons. The molecule has 4 heterocycles. The number of carbonyl (C=O) groups excluding carboxylic acids is 1. The largest absolute Gasteiger partial charge is 0.347 e. The number of amides is 1. The molecule has 0 spiro atoms. The SMILES string of the molecule is O=C(N[C@@H]1C[C@H]2CC[C@@H]1N2)c1ccc(Sc2nccs2)s1. The van der Waals surface area contributed by atoms with E-state index in [1.165, 1.54) is 24.2 Å². The smallest absolute Gasteiger partial charge is 0.261 e. The summed E-state index contributed by atoms with van der Waals surface area (Å²) < 4.78 is 2.13. The monoisotopic (exact) mass is 337 g/mol. The van der Waals surface area contributed by atoms with Crippen LogP contribution in [0.1, 0.15) is 28.9 Å². The van der Waals surface area contributed by atoms with Crippen molar-refractivity contribution in [2.45, 2.75) is 45.9 Å².